The number of hydrogen-bond donors (Lipinski definition) is 0. The molecule has 0 radical (unpaired) electrons. The summed E-state index contributed by atoms with van der Waals surface area (Å²) in [5.41, 5.74) is 0. The molecule has 0 aromatic rings. The zero-order valence-corrected chi connectivity index (χ0v) is 12.1. The molecule has 1 saturated heterocycles. The normalized spacial score (nSPS) is 31.0. The Hall–Kier alpha value is -1.08. The van der Waals surface area contributed by atoms with Crippen molar-refractivity contribution in [1.29, 1.82) is 5.26 Å². The Morgan fingerprint density at radius 3 is 2.58 bits per heavy atom. The van der Waals surface area contributed by atoms with Crippen molar-refractivity contribution in [1.82, 2.24) is 9.80 Å². The number of nitriles is 1. The maximum Gasteiger partial charge on any atom is 0.241 e. The molecule has 2 atom stereocenters. The fraction of sp³-hybridized carbons (Fsp3) is 0.867. The molecule has 1 amide bonds. The topological polar surface area (TPSA) is 47.3 Å². The van der Waals surface area contributed by atoms with Gasteiger partial charge in [0.05, 0.1) is 12.5 Å². The lowest BCUT2D eigenvalue weighted by atomic mass is 9.93. The Morgan fingerprint density at radius 1 is 1.26 bits per heavy atom. The lowest BCUT2D eigenvalue weighted by Crippen LogP contribution is -2.49. The predicted octanol–water partition coefficient (Wildman–Crippen LogP) is 2.01. The van der Waals surface area contributed by atoms with Crippen LogP contribution < -0.4 is 0 Å². The Kier molecular flexibility index (Phi) is 4.81. The van der Waals surface area contributed by atoms with Crippen LogP contribution in [0.15, 0.2) is 0 Å². The Balaban J connectivity index is 2.15. The minimum Gasteiger partial charge on any atom is -0.338 e. The van der Waals surface area contributed by atoms with Crippen LogP contribution in [0.1, 0.15) is 45.4 Å². The van der Waals surface area contributed by atoms with Gasteiger partial charge in [-0.1, -0.05) is 26.2 Å². The molecule has 1 aliphatic heterocycles. The summed E-state index contributed by atoms with van der Waals surface area (Å²) >= 11 is 0. The molecule has 1 saturated carbocycles. The van der Waals surface area contributed by atoms with Crippen LogP contribution in [-0.2, 0) is 4.79 Å². The number of carbonyl (C=O) groups excluding carboxylic acids is 1. The summed E-state index contributed by atoms with van der Waals surface area (Å²) in [5.74, 6) is 0.667. The van der Waals surface area contributed by atoms with Gasteiger partial charge in [-0.15, -0.1) is 0 Å². The summed E-state index contributed by atoms with van der Waals surface area (Å²) in [6.45, 7) is 3.96. The quantitative estimate of drug-likeness (QED) is 0.765. The van der Waals surface area contributed by atoms with E-state index in [9.17, 15) is 4.79 Å². The van der Waals surface area contributed by atoms with Crippen molar-refractivity contribution in [2.75, 3.05) is 20.1 Å². The van der Waals surface area contributed by atoms with Gasteiger partial charge in [0.2, 0.25) is 5.91 Å². The monoisotopic (exact) mass is 263 g/mol. The molecule has 0 N–H and O–H groups in total. The highest BCUT2D eigenvalue weighted by Crippen LogP contribution is 2.26. The second kappa shape index (κ2) is 6.38. The molecule has 106 valence electrons. The van der Waals surface area contributed by atoms with E-state index in [2.05, 4.69) is 22.8 Å². The summed E-state index contributed by atoms with van der Waals surface area (Å²) < 4.78 is 0. The number of rotatable bonds is 2. The molecule has 0 spiro atoms. The first-order valence-corrected chi connectivity index (χ1v) is 7.51. The highest BCUT2D eigenvalue weighted by molar-refractivity contribution is 5.82. The van der Waals surface area contributed by atoms with Gasteiger partial charge in [-0.2, -0.15) is 5.26 Å². The van der Waals surface area contributed by atoms with Gasteiger partial charge in [-0.05, 0) is 25.8 Å². The first kappa shape index (κ1) is 14.3. The van der Waals surface area contributed by atoms with E-state index in [1.54, 1.807) is 0 Å². The summed E-state index contributed by atoms with van der Waals surface area (Å²) in [4.78, 5) is 16.9. The molecule has 4 heteroatoms. The van der Waals surface area contributed by atoms with Crippen molar-refractivity contribution < 1.29 is 4.79 Å². The fourth-order valence-corrected chi connectivity index (χ4v) is 3.53. The molecule has 4 nitrogen and oxygen atoms in total. The van der Waals surface area contributed by atoms with Gasteiger partial charge < -0.3 is 4.90 Å². The standard InChI is InChI=1S/C15H25N3O/c1-12-10-17(2)14(8-9-16)15(19)18(11-12)13-6-4-3-5-7-13/h12-14H,3-8,10-11H2,1-2H3. The Labute approximate surface area is 116 Å². The fourth-order valence-electron chi connectivity index (χ4n) is 3.53. The molecule has 1 heterocycles. The first-order chi connectivity index (χ1) is 9.13. The third kappa shape index (κ3) is 3.27. The van der Waals surface area contributed by atoms with Crippen LogP contribution in [0.5, 0.6) is 0 Å². The van der Waals surface area contributed by atoms with E-state index in [0.29, 0.717) is 18.4 Å². The molecule has 19 heavy (non-hydrogen) atoms. The van der Waals surface area contributed by atoms with Crippen molar-refractivity contribution in [2.24, 2.45) is 5.92 Å². The highest BCUT2D eigenvalue weighted by Gasteiger charge is 2.36. The molecule has 2 aliphatic rings. The SMILES string of the molecule is CC1CN(C)C(CC#N)C(=O)N(C2CCCCC2)C1. The van der Waals surface area contributed by atoms with Crippen LogP contribution in [-0.4, -0.2) is 47.9 Å². The van der Waals surface area contributed by atoms with E-state index < -0.39 is 0 Å². The van der Waals surface area contributed by atoms with E-state index in [1.807, 2.05) is 7.05 Å². The van der Waals surface area contributed by atoms with Gasteiger partial charge >= 0.3 is 0 Å². The maximum absolute atomic E-state index is 12.7. The maximum atomic E-state index is 12.7. The van der Waals surface area contributed by atoms with Gasteiger partial charge in [-0.25, -0.2) is 0 Å². The number of nitrogens with zero attached hydrogens (tertiary/aromatic N) is 3. The van der Waals surface area contributed by atoms with Gasteiger partial charge in [-0.3, -0.25) is 9.69 Å². The minimum absolute atomic E-state index is 0.181. The predicted molar refractivity (Wildman–Crippen MR) is 74.4 cm³/mol. The van der Waals surface area contributed by atoms with E-state index in [-0.39, 0.29) is 11.9 Å². The van der Waals surface area contributed by atoms with Gasteiger partial charge in [0.15, 0.2) is 0 Å². The largest absolute Gasteiger partial charge is 0.338 e. The van der Waals surface area contributed by atoms with E-state index >= 15 is 0 Å². The molecule has 2 unspecified atom stereocenters. The summed E-state index contributed by atoms with van der Waals surface area (Å²) in [6.07, 6.45) is 6.37. The average Bonchev–Trinajstić information content (AvgIpc) is 2.51. The van der Waals surface area contributed by atoms with Crippen molar-refractivity contribution in [3.05, 3.63) is 0 Å². The Bertz CT molecular complexity index is 357. The minimum atomic E-state index is -0.239. The summed E-state index contributed by atoms with van der Waals surface area (Å²) in [6, 6.07) is 2.35. The summed E-state index contributed by atoms with van der Waals surface area (Å²) in [5, 5.41) is 8.96. The molecule has 2 rings (SSSR count). The zero-order valence-electron chi connectivity index (χ0n) is 12.1. The van der Waals surface area contributed by atoms with Crippen LogP contribution >= 0.6 is 0 Å². The summed E-state index contributed by atoms with van der Waals surface area (Å²) in [7, 11) is 1.97. The third-order valence-electron chi connectivity index (χ3n) is 4.51. The molecule has 1 aliphatic carbocycles. The Morgan fingerprint density at radius 2 is 1.95 bits per heavy atom. The number of hydrogen-bond acceptors (Lipinski definition) is 3. The first-order valence-electron chi connectivity index (χ1n) is 7.51. The van der Waals surface area contributed by atoms with Gasteiger partial charge in [0, 0.05) is 19.1 Å². The van der Waals surface area contributed by atoms with Crippen LogP contribution in [0.2, 0.25) is 0 Å². The molecular weight excluding hydrogens is 238 g/mol. The van der Waals surface area contributed by atoms with Crippen LogP contribution in [0.4, 0.5) is 0 Å². The van der Waals surface area contributed by atoms with Crippen molar-refractivity contribution >= 4 is 5.91 Å². The van der Waals surface area contributed by atoms with Crippen LogP contribution in [0, 0.1) is 17.2 Å². The molecule has 2 fully saturated rings. The van der Waals surface area contributed by atoms with Crippen molar-refractivity contribution in [2.45, 2.75) is 57.5 Å². The third-order valence-corrected chi connectivity index (χ3v) is 4.51. The molecule has 0 bridgehead atoms. The molecule has 0 aromatic carbocycles. The lowest BCUT2D eigenvalue weighted by Gasteiger charge is -2.36. The molecular formula is C15H25N3O. The van der Waals surface area contributed by atoms with E-state index in [1.165, 1.54) is 19.3 Å². The van der Waals surface area contributed by atoms with Gasteiger partial charge in [0.1, 0.15) is 6.04 Å². The zero-order chi connectivity index (χ0) is 13.8. The number of amides is 1. The molecule has 0 aromatic heterocycles. The van der Waals surface area contributed by atoms with Crippen molar-refractivity contribution in [3.63, 3.8) is 0 Å². The average molecular weight is 263 g/mol. The number of carbonyl (C=O) groups is 1. The van der Waals surface area contributed by atoms with Crippen molar-refractivity contribution in [3.8, 4) is 6.07 Å². The highest BCUT2D eigenvalue weighted by atomic mass is 16.2. The number of likely N-dealkylation sites (N-methyl/N-ethyl adjacent to an activating group) is 1. The second-order valence-electron chi connectivity index (χ2n) is 6.21. The lowest BCUT2D eigenvalue weighted by molar-refractivity contribution is -0.137. The van der Waals surface area contributed by atoms with E-state index in [0.717, 1.165) is 25.9 Å². The second-order valence-corrected chi connectivity index (χ2v) is 6.21. The van der Waals surface area contributed by atoms with Gasteiger partial charge in [0.25, 0.3) is 0 Å². The van der Waals surface area contributed by atoms with E-state index in [4.69, 9.17) is 5.26 Å². The smallest absolute Gasteiger partial charge is 0.241 e. The van der Waals surface area contributed by atoms with Crippen LogP contribution in [0.25, 0.3) is 0 Å². The van der Waals surface area contributed by atoms with Crippen LogP contribution in [0.3, 0.4) is 0 Å².